The molecule has 0 aliphatic heterocycles. The zero-order valence-electron chi connectivity index (χ0n) is 19.1. The largest absolute Gasteiger partial charge is 0.469 e. The van der Waals surface area contributed by atoms with E-state index in [1.165, 1.54) is 17.3 Å². The molecule has 4 aromatic rings. The van der Waals surface area contributed by atoms with Crippen LogP contribution in [0.2, 0.25) is 0 Å². The van der Waals surface area contributed by atoms with E-state index in [0.717, 1.165) is 29.9 Å². The predicted molar refractivity (Wildman–Crippen MR) is 131 cm³/mol. The van der Waals surface area contributed by atoms with Crippen LogP contribution in [0.25, 0.3) is 17.1 Å². The summed E-state index contributed by atoms with van der Waals surface area (Å²) in [6.45, 7) is 5.85. The number of hydrogen-bond acceptors (Lipinski definition) is 5. The lowest BCUT2D eigenvalue weighted by Gasteiger charge is -2.18. The summed E-state index contributed by atoms with van der Waals surface area (Å²) in [4.78, 5) is 12.9. The third-order valence-electron chi connectivity index (χ3n) is 5.50. The summed E-state index contributed by atoms with van der Waals surface area (Å²) in [5.74, 6) is 1.46. The molecular formula is C26H28N4O2S. The fraction of sp³-hybridized carbons (Fsp3) is 0.269. The van der Waals surface area contributed by atoms with E-state index in [1.807, 2.05) is 79.9 Å². The molecule has 170 valence electrons. The topological polar surface area (TPSA) is 72.9 Å². The summed E-state index contributed by atoms with van der Waals surface area (Å²) in [6.07, 6.45) is 3.46. The Bertz CT molecular complexity index is 1190. The molecule has 0 saturated carbocycles. The number of carbonyl (C=O) groups is 1. The van der Waals surface area contributed by atoms with Crippen molar-refractivity contribution in [3.05, 3.63) is 84.3 Å². The molecule has 33 heavy (non-hydrogen) atoms. The highest BCUT2D eigenvalue weighted by Gasteiger charge is 2.23. The number of aromatic nitrogens is 3. The third-order valence-corrected chi connectivity index (χ3v) is 6.54. The molecule has 0 aliphatic carbocycles. The second-order valence-electron chi connectivity index (χ2n) is 8.06. The van der Waals surface area contributed by atoms with Crippen molar-refractivity contribution in [3.63, 3.8) is 0 Å². The molecule has 0 bridgehead atoms. The van der Waals surface area contributed by atoms with Crippen LogP contribution < -0.4 is 5.32 Å². The molecule has 0 saturated heterocycles. The van der Waals surface area contributed by atoms with Gasteiger partial charge in [0.1, 0.15) is 5.76 Å². The summed E-state index contributed by atoms with van der Waals surface area (Å²) in [7, 11) is 0. The third kappa shape index (κ3) is 5.54. The molecule has 0 spiro atoms. The van der Waals surface area contributed by atoms with Gasteiger partial charge in [0.15, 0.2) is 11.0 Å². The van der Waals surface area contributed by atoms with Crippen LogP contribution in [0.1, 0.15) is 31.6 Å². The van der Waals surface area contributed by atoms with Gasteiger partial charge in [0.25, 0.3) is 0 Å². The minimum atomic E-state index is -0.325. The van der Waals surface area contributed by atoms with Crippen molar-refractivity contribution in [3.8, 4) is 17.1 Å². The molecule has 4 rings (SSSR count). The van der Waals surface area contributed by atoms with Crippen LogP contribution in [0.3, 0.4) is 0 Å². The molecule has 0 fully saturated rings. The first kappa shape index (κ1) is 22.9. The predicted octanol–water partition coefficient (Wildman–Crippen LogP) is 5.45. The molecule has 2 atom stereocenters. The van der Waals surface area contributed by atoms with E-state index in [1.54, 1.807) is 6.26 Å². The summed E-state index contributed by atoms with van der Waals surface area (Å²) >= 11 is 1.40. The van der Waals surface area contributed by atoms with Crippen LogP contribution in [0, 0.1) is 6.92 Å². The van der Waals surface area contributed by atoms with Crippen molar-refractivity contribution in [1.82, 2.24) is 20.1 Å². The first-order chi connectivity index (χ1) is 16.0. The zero-order chi connectivity index (χ0) is 23.2. The fourth-order valence-corrected chi connectivity index (χ4v) is 4.50. The fourth-order valence-electron chi connectivity index (χ4n) is 3.62. The van der Waals surface area contributed by atoms with Crippen LogP contribution in [0.4, 0.5) is 0 Å². The number of para-hydroxylation sites is 1. The van der Waals surface area contributed by atoms with Gasteiger partial charge in [-0.05, 0) is 57.4 Å². The number of nitrogens with zero attached hydrogens (tertiary/aromatic N) is 3. The molecule has 6 nitrogen and oxygen atoms in total. The van der Waals surface area contributed by atoms with E-state index < -0.39 is 0 Å². The van der Waals surface area contributed by atoms with Crippen molar-refractivity contribution in [2.75, 3.05) is 0 Å². The van der Waals surface area contributed by atoms with Gasteiger partial charge in [-0.2, -0.15) is 0 Å². The van der Waals surface area contributed by atoms with Crippen LogP contribution in [-0.4, -0.2) is 32.0 Å². The molecule has 0 unspecified atom stereocenters. The number of rotatable bonds is 9. The molecule has 0 aliphatic rings. The Hall–Kier alpha value is -3.32. The summed E-state index contributed by atoms with van der Waals surface area (Å²) in [6, 6.07) is 22.2. The van der Waals surface area contributed by atoms with Crippen molar-refractivity contribution in [1.29, 1.82) is 0 Å². The minimum absolute atomic E-state index is 0.00999. The smallest absolute Gasteiger partial charge is 0.233 e. The van der Waals surface area contributed by atoms with Crippen LogP contribution in [0.15, 0.2) is 82.6 Å². The first-order valence-electron chi connectivity index (χ1n) is 11.1. The van der Waals surface area contributed by atoms with Crippen molar-refractivity contribution in [2.24, 2.45) is 0 Å². The lowest BCUT2D eigenvalue weighted by atomic mass is 10.1. The highest BCUT2D eigenvalue weighted by molar-refractivity contribution is 8.00. The Labute approximate surface area is 198 Å². The maximum Gasteiger partial charge on any atom is 0.233 e. The monoisotopic (exact) mass is 460 g/mol. The Morgan fingerprint density at radius 1 is 1.03 bits per heavy atom. The summed E-state index contributed by atoms with van der Waals surface area (Å²) in [5, 5.41) is 12.3. The maximum atomic E-state index is 12.9. The number of aryl methyl sites for hydroxylation is 2. The Kier molecular flexibility index (Phi) is 7.29. The van der Waals surface area contributed by atoms with Crippen LogP contribution >= 0.6 is 11.8 Å². The maximum absolute atomic E-state index is 12.9. The number of amides is 1. The molecule has 2 aromatic carbocycles. The van der Waals surface area contributed by atoms with Gasteiger partial charge in [0, 0.05) is 11.7 Å². The lowest BCUT2D eigenvalue weighted by Crippen LogP contribution is -2.38. The van der Waals surface area contributed by atoms with E-state index in [9.17, 15) is 4.79 Å². The number of nitrogens with one attached hydrogen (secondary N) is 1. The van der Waals surface area contributed by atoms with E-state index >= 15 is 0 Å². The van der Waals surface area contributed by atoms with Gasteiger partial charge in [0.2, 0.25) is 5.91 Å². The van der Waals surface area contributed by atoms with E-state index in [2.05, 4.69) is 27.6 Å². The highest BCUT2D eigenvalue weighted by Crippen LogP contribution is 2.31. The van der Waals surface area contributed by atoms with Gasteiger partial charge in [0.05, 0.1) is 17.1 Å². The minimum Gasteiger partial charge on any atom is -0.469 e. The second kappa shape index (κ2) is 10.5. The lowest BCUT2D eigenvalue weighted by molar-refractivity contribution is -0.120. The zero-order valence-corrected chi connectivity index (χ0v) is 19.9. The highest BCUT2D eigenvalue weighted by atomic mass is 32.2. The van der Waals surface area contributed by atoms with E-state index in [4.69, 9.17) is 4.42 Å². The molecule has 1 N–H and O–H groups in total. The number of thioether (sulfide) groups is 1. The van der Waals surface area contributed by atoms with Gasteiger partial charge in [-0.1, -0.05) is 60.3 Å². The summed E-state index contributed by atoms with van der Waals surface area (Å²) < 4.78 is 7.46. The number of benzene rings is 2. The number of carbonyl (C=O) groups excluding carboxylic acids is 1. The number of furan rings is 1. The molecule has 2 aromatic heterocycles. The number of hydrogen-bond donors (Lipinski definition) is 1. The molecule has 7 heteroatoms. The Balaban J connectivity index is 1.47. The van der Waals surface area contributed by atoms with E-state index in [0.29, 0.717) is 11.0 Å². The van der Waals surface area contributed by atoms with Gasteiger partial charge in [-0.15, -0.1) is 10.2 Å². The Morgan fingerprint density at radius 3 is 2.39 bits per heavy atom. The van der Waals surface area contributed by atoms with E-state index in [-0.39, 0.29) is 17.2 Å². The second-order valence-corrected chi connectivity index (χ2v) is 9.37. The first-order valence-corrected chi connectivity index (χ1v) is 12.0. The van der Waals surface area contributed by atoms with Gasteiger partial charge in [-0.25, -0.2) is 0 Å². The van der Waals surface area contributed by atoms with Crippen molar-refractivity contribution >= 4 is 17.7 Å². The average molecular weight is 461 g/mol. The van der Waals surface area contributed by atoms with Crippen LogP contribution in [0.5, 0.6) is 0 Å². The molecule has 1 amide bonds. The molecule has 2 heterocycles. The van der Waals surface area contributed by atoms with Crippen LogP contribution in [-0.2, 0) is 11.2 Å². The van der Waals surface area contributed by atoms with Gasteiger partial charge >= 0.3 is 0 Å². The SMILES string of the molecule is Cc1occc1-c1nnc(S[C@@H](C)C(=O)N[C@H](C)CCc2ccccc2)n1-c1ccccc1. The quantitative estimate of drug-likeness (QED) is 0.336. The van der Waals surface area contributed by atoms with Crippen molar-refractivity contribution < 1.29 is 9.21 Å². The Morgan fingerprint density at radius 2 is 1.73 bits per heavy atom. The van der Waals surface area contributed by atoms with Gasteiger partial charge < -0.3 is 9.73 Å². The standard InChI is InChI=1S/C26H28N4O2S/c1-18(14-15-21-10-6-4-7-11-21)27-25(31)20(3)33-26-29-28-24(23-16-17-32-19(23)2)30(26)22-12-8-5-9-13-22/h4-13,16-18,20H,14-15H2,1-3H3,(H,27,31)/t18-,20+/m1/s1. The molecule has 0 radical (unpaired) electrons. The molecular weight excluding hydrogens is 432 g/mol. The summed E-state index contributed by atoms with van der Waals surface area (Å²) in [5.41, 5.74) is 3.09. The normalized spacial score (nSPS) is 12.9. The van der Waals surface area contributed by atoms with Crippen molar-refractivity contribution in [2.45, 2.75) is 50.1 Å². The average Bonchev–Trinajstić information content (AvgIpc) is 3.44. The van der Waals surface area contributed by atoms with Gasteiger partial charge in [-0.3, -0.25) is 9.36 Å².